The van der Waals surface area contributed by atoms with Crippen molar-refractivity contribution in [3.05, 3.63) is 84.9 Å². The van der Waals surface area contributed by atoms with Gasteiger partial charge in [-0.15, -0.1) is 0 Å². The maximum Gasteiger partial charge on any atom is 0.265 e. The minimum Gasteiger partial charge on any atom is -0.341 e. The van der Waals surface area contributed by atoms with E-state index in [0.717, 1.165) is 45.8 Å². The summed E-state index contributed by atoms with van der Waals surface area (Å²) < 4.78 is 40.4. The molecule has 9 nitrogen and oxygen atoms in total. The van der Waals surface area contributed by atoms with Crippen molar-refractivity contribution in [2.45, 2.75) is 18.4 Å². The van der Waals surface area contributed by atoms with Crippen molar-refractivity contribution < 1.29 is 8.42 Å². The quantitative estimate of drug-likeness (QED) is 0.249. The highest BCUT2D eigenvalue weighted by atomic mass is 32.2. The molecule has 0 spiro atoms. The maximum atomic E-state index is 13.5. The lowest BCUT2D eigenvalue weighted by Crippen LogP contribution is -2.16. The minimum atomic E-state index is -4.05. The summed E-state index contributed by atoms with van der Waals surface area (Å²) in [6.45, 7) is 2.98. The third kappa shape index (κ3) is 3.94. The van der Waals surface area contributed by atoms with Crippen molar-refractivity contribution >= 4 is 82.9 Å². The Kier molecular flexibility index (Phi) is 5.42. The van der Waals surface area contributed by atoms with E-state index in [2.05, 4.69) is 59.5 Å². The minimum absolute atomic E-state index is 0.0310. The molecule has 11 heteroatoms. The van der Waals surface area contributed by atoms with Gasteiger partial charge in [-0.1, -0.05) is 36.4 Å². The second-order valence-electron chi connectivity index (χ2n) is 9.02. The molecule has 0 amide bonds. The zero-order valence-corrected chi connectivity index (χ0v) is 22.3. The zero-order valence-electron chi connectivity index (χ0n) is 20.7. The van der Waals surface area contributed by atoms with Gasteiger partial charge in [0.05, 0.1) is 22.8 Å². The number of fused-ring (bicyclic) bond motifs is 5. The van der Waals surface area contributed by atoms with Crippen molar-refractivity contribution in [3.63, 3.8) is 0 Å². The van der Waals surface area contributed by atoms with Crippen LogP contribution in [0.15, 0.2) is 89.8 Å². The van der Waals surface area contributed by atoms with Gasteiger partial charge in [0, 0.05) is 34.0 Å². The number of sulfonamides is 1. The van der Waals surface area contributed by atoms with Crippen molar-refractivity contribution in [2.24, 2.45) is 0 Å². The van der Waals surface area contributed by atoms with E-state index in [1.165, 1.54) is 6.07 Å². The fraction of sp³-hybridized carbons (Fsp3) is 0.0714. The number of nitrogens with zero attached hydrogens (tertiary/aromatic N) is 5. The number of nitrogens with one attached hydrogen (secondary N) is 2. The number of hydrogen-bond donors (Lipinski definition) is 2. The van der Waals surface area contributed by atoms with E-state index >= 15 is 0 Å². The second-order valence-corrected chi connectivity index (χ2v) is 11.2. The number of aryl methyl sites for hydroxylation is 1. The lowest BCUT2D eigenvalue weighted by molar-refractivity contribution is 0.602. The first-order chi connectivity index (χ1) is 19.0. The summed E-state index contributed by atoms with van der Waals surface area (Å²) in [4.78, 5) is 9.39. The van der Waals surface area contributed by atoms with Crippen molar-refractivity contribution in [3.8, 4) is 0 Å². The molecule has 3 aromatic heterocycles. The first-order valence-electron chi connectivity index (χ1n) is 12.3. The van der Waals surface area contributed by atoms with Gasteiger partial charge >= 0.3 is 0 Å². The average molecular weight is 552 g/mol. The molecular weight excluding hydrogens is 530 g/mol. The van der Waals surface area contributed by atoms with E-state index in [4.69, 9.17) is 4.98 Å². The highest BCUT2D eigenvalue weighted by Gasteiger charge is 2.23. The number of para-hydroxylation sites is 3. The Bertz CT molecular complexity index is 2150. The number of anilines is 3. The van der Waals surface area contributed by atoms with Crippen LogP contribution in [0.1, 0.15) is 6.92 Å². The first kappa shape index (κ1) is 23.5. The van der Waals surface area contributed by atoms with Crippen molar-refractivity contribution in [1.29, 1.82) is 0 Å². The Labute approximate surface area is 227 Å². The van der Waals surface area contributed by atoms with Gasteiger partial charge in [0.2, 0.25) is 0 Å². The molecule has 7 aromatic rings. The topological polar surface area (TPSA) is 115 Å². The Morgan fingerprint density at radius 1 is 0.769 bits per heavy atom. The van der Waals surface area contributed by atoms with Gasteiger partial charge in [0.1, 0.15) is 15.9 Å². The summed E-state index contributed by atoms with van der Waals surface area (Å²) in [6, 6.07) is 26.6. The fourth-order valence-electron chi connectivity index (χ4n) is 4.95. The van der Waals surface area contributed by atoms with E-state index in [1.807, 2.05) is 36.4 Å². The normalized spacial score (nSPS) is 12.0. The molecule has 0 unspecified atom stereocenters. The van der Waals surface area contributed by atoms with Crippen LogP contribution < -0.4 is 10.0 Å². The van der Waals surface area contributed by atoms with Gasteiger partial charge in [-0.2, -0.15) is 8.75 Å². The summed E-state index contributed by atoms with van der Waals surface area (Å²) in [5, 5.41) is 5.56. The molecule has 192 valence electrons. The smallest absolute Gasteiger partial charge is 0.265 e. The number of rotatable bonds is 6. The lowest BCUT2D eigenvalue weighted by atomic mass is 10.1. The van der Waals surface area contributed by atoms with Gasteiger partial charge in [-0.05, 0) is 55.5 Å². The molecule has 39 heavy (non-hydrogen) atoms. The molecule has 0 bridgehead atoms. The number of hydrogen-bond acceptors (Lipinski definition) is 8. The third-order valence-electron chi connectivity index (χ3n) is 6.69. The van der Waals surface area contributed by atoms with Crippen molar-refractivity contribution in [1.82, 2.24) is 23.3 Å². The average Bonchev–Trinajstić information content (AvgIpc) is 3.55. The molecular formula is C28H21N7O2S2. The molecule has 0 radical (unpaired) electrons. The van der Waals surface area contributed by atoms with Crippen LogP contribution in [0.2, 0.25) is 0 Å². The summed E-state index contributed by atoms with van der Waals surface area (Å²) in [5.41, 5.74) is 5.09. The molecule has 0 aliphatic carbocycles. The molecule has 3 heterocycles. The second kappa shape index (κ2) is 9.00. The highest BCUT2D eigenvalue weighted by Crippen LogP contribution is 2.33. The van der Waals surface area contributed by atoms with Crippen LogP contribution in [-0.2, 0) is 16.6 Å². The van der Waals surface area contributed by atoms with Gasteiger partial charge in [-0.25, -0.2) is 18.4 Å². The van der Waals surface area contributed by atoms with Crippen LogP contribution >= 0.6 is 11.7 Å². The van der Waals surface area contributed by atoms with E-state index in [9.17, 15) is 8.42 Å². The Hall–Kier alpha value is -4.61. The lowest BCUT2D eigenvalue weighted by Gasteiger charge is -2.14. The molecule has 4 aromatic carbocycles. The standard InChI is InChI=1S/C28H21N7O2S2/c1-2-35-23-12-6-3-8-18(23)19-16-17(14-15-24(19)35)29-27-28(31-21-10-5-4-9-20(21)30-27)34-39(36,37)25-13-7-11-22-26(25)33-38-32-22/h3-16H,2H2,1H3,(H,29,30)(H,31,34). The Morgan fingerprint density at radius 3 is 2.31 bits per heavy atom. The fourth-order valence-corrected chi connectivity index (χ4v) is 6.72. The first-order valence-corrected chi connectivity index (χ1v) is 14.5. The summed E-state index contributed by atoms with van der Waals surface area (Å²) >= 11 is 0.967. The predicted octanol–water partition coefficient (Wildman–Crippen LogP) is 6.31. The summed E-state index contributed by atoms with van der Waals surface area (Å²) in [6.07, 6.45) is 0. The van der Waals surface area contributed by atoms with E-state index in [-0.39, 0.29) is 10.7 Å². The van der Waals surface area contributed by atoms with Crippen LogP contribution in [0.3, 0.4) is 0 Å². The maximum absolute atomic E-state index is 13.5. The van der Waals surface area contributed by atoms with Gasteiger partial charge in [0.25, 0.3) is 10.0 Å². The van der Waals surface area contributed by atoms with Gasteiger partial charge < -0.3 is 9.88 Å². The molecule has 0 atom stereocenters. The van der Waals surface area contributed by atoms with Crippen LogP contribution in [0.25, 0.3) is 43.9 Å². The molecule has 0 saturated heterocycles. The van der Waals surface area contributed by atoms with Gasteiger partial charge in [-0.3, -0.25) is 4.72 Å². The van der Waals surface area contributed by atoms with E-state index in [0.29, 0.717) is 27.9 Å². The summed E-state index contributed by atoms with van der Waals surface area (Å²) in [5.74, 6) is 0.379. The van der Waals surface area contributed by atoms with E-state index in [1.54, 1.807) is 18.2 Å². The molecule has 0 saturated carbocycles. The zero-order chi connectivity index (χ0) is 26.6. The van der Waals surface area contributed by atoms with Crippen LogP contribution in [0, 0.1) is 0 Å². The van der Waals surface area contributed by atoms with Crippen LogP contribution in [-0.4, -0.2) is 31.7 Å². The highest BCUT2D eigenvalue weighted by molar-refractivity contribution is 7.93. The van der Waals surface area contributed by atoms with Gasteiger partial charge in [0.15, 0.2) is 11.6 Å². The van der Waals surface area contributed by atoms with Crippen molar-refractivity contribution in [2.75, 3.05) is 10.0 Å². The molecule has 0 fully saturated rings. The predicted molar refractivity (Wildman–Crippen MR) is 156 cm³/mol. The monoisotopic (exact) mass is 551 g/mol. The SMILES string of the molecule is CCn1c2ccccc2c2cc(Nc3nc4ccccc4nc3NS(=O)(=O)c3cccc4nsnc34)ccc21. The molecule has 0 aliphatic rings. The molecule has 2 N–H and O–H groups in total. The van der Waals surface area contributed by atoms with E-state index < -0.39 is 10.0 Å². The molecule has 0 aliphatic heterocycles. The number of benzene rings is 4. The number of aromatic nitrogens is 5. The molecule has 7 rings (SSSR count). The summed E-state index contributed by atoms with van der Waals surface area (Å²) in [7, 11) is -4.05. The Morgan fingerprint density at radius 2 is 1.49 bits per heavy atom. The Balaban J connectivity index is 1.34. The third-order valence-corrected chi connectivity index (χ3v) is 8.60. The largest absolute Gasteiger partial charge is 0.341 e. The van der Waals surface area contributed by atoms with Crippen LogP contribution in [0.5, 0.6) is 0 Å². The van der Waals surface area contributed by atoms with Crippen LogP contribution in [0.4, 0.5) is 17.3 Å².